The lowest BCUT2D eigenvalue weighted by Crippen LogP contribution is -1.92. The zero-order valence-electron chi connectivity index (χ0n) is 7.17. The first-order valence-corrected chi connectivity index (χ1v) is 3.96. The van der Waals surface area contributed by atoms with Crippen molar-refractivity contribution >= 4 is 5.69 Å². The number of hydrogen-bond acceptors (Lipinski definition) is 2. The molecular weight excluding hydrogens is 148 g/mol. The van der Waals surface area contributed by atoms with Crippen LogP contribution in [-0.2, 0) is 6.42 Å². The van der Waals surface area contributed by atoms with Crippen molar-refractivity contribution in [2.75, 3.05) is 5.73 Å². The van der Waals surface area contributed by atoms with Gasteiger partial charge in [-0.1, -0.05) is 6.07 Å². The van der Waals surface area contributed by atoms with Crippen molar-refractivity contribution in [3.8, 4) is 6.07 Å². The van der Waals surface area contributed by atoms with E-state index in [9.17, 15) is 0 Å². The Hall–Kier alpha value is -1.49. The van der Waals surface area contributed by atoms with Gasteiger partial charge in [-0.05, 0) is 36.6 Å². The fourth-order valence-electron chi connectivity index (χ4n) is 1.15. The minimum atomic E-state index is 0.560. The zero-order chi connectivity index (χ0) is 8.97. The summed E-state index contributed by atoms with van der Waals surface area (Å²) in [5.41, 5.74) is 8.77. The Labute approximate surface area is 72.6 Å². The number of nitriles is 1. The molecule has 2 N–H and O–H groups in total. The van der Waals surface area contributed by atoms with E-state index >= 15 is 0 Å². The Bertz CT molecular complexity index is 310. The summed E-state index contributed by atoms with van der Waals surface area (Å²) in [6, 6.07) is 7.93. The Balaban J connectivity index is 2.84. The second-order valence-corrected chi connectivity index (χ2v) is 2.84. The molecule has 12 heavy (non-hydrogen) atoms. The Morgan fingerprint density at radius 1 is 1.50 bits per heavy atom. The maximum absolute atomic E-state index is 8.41. The van der Waals surface area contributed by atoms with E-state index in [-0.39, 0.29) is 0 Å². The van der Waals surface area contributed by atoms with E-state index in [0.29, 0.717) is 6.42 Å². The molecule has 0 aliphatic heterocycles. The number of hydrogen-bond donors (Lipinski definition) is 1. The average molecular weight is 160 g/mol. The van der Waals surface area contributed by atoms with E-state index in [4.69, 9.17) is 11.0 Å². The molecule has 1 rings (SSSR count). The molecule has 0 aromatic heterocycles. The van der Waals surface area contributed by atoms with Crippen molar-refractivity contribution in [1.29, 1.82) is 5.26 Å². The lowest BCUT2D eigenvalue weighted by atomic mass is 10.0. The monoisotopic (exact) mass is 160 g/mol. The molecule has 0 unspecified atom stereocenters. The summed E-state index contributed by atoms with van der Waals surface area (Å²) in [7, 11) is 0. The predicted octanol–water partition coefficient (Wildman–Crippen LogP) is 2.03. The molecular formula is C10H12N2. The van der Waals surface area contributed by atoms with E-state index in [1.807, 2.05) is 25.1 Å². The van der Waals surface area contributed by atoms with Gasteiger partial charge in [-0.3, -0.25) is 0 Å². The van der Waals surface area contributed by atoms with Crippen LogP contribution in [0.4, 0.5) is 5.69 Å². The average Bonchev–Trinajstić information content (AvgIpc) is 2.07. The fraction of sp³-hybridized carbons (Fsp3) is 0.300. The van der Waals surface area contributed by atoms with Crippen molar-refractivity contribution in [2.24, 2.45) is 0 Å². The predicted molar refractivity (Wildman–Crippen MR) is 49.5 cm³/mol. The van der Waals surface area contributed by atoms with Gasteiger partial charge in [-0.2, -0.15) is 5.26 Å². The second-order valence-electron chi connectivity index (χ2n) is 2.84. The molecule has 2 heteroatoms. The number of benzene rings is 1. The summed E-state index contributed by atoms with van der Waals surface area (Å²) in [4.78, 5) is 0. The molecule has 0 radical (unpaired) electrons. The molecule has 1 aromatic carbocycles. The summed E-state index contributed by atoms with van der Waals surface area (Å²) in [6.45, 7) is 2.03. The van der Waals surface area contributed by atoms with E-state index in [1.165, 1.54) is 11.1 Å². The first kappa shape index (κ1) is 8.61. The molecule has 0 bridgehead atoms. The van der Waals surface area contributed by atoms with Crippen LogP contribution in [0.2, 0.25) is 0 Å². The normalized spacial score (nSPS) is 9.33. The van der Waals surface area contributed by atoms with Crippen LogP contribution in [0.25, 0.3) is 0 Å². The number of nitrogen functional groups attached to an aromatic ring is 1. The highest BCUT2D eigenvalue weighted by Gasteiger charge is 1.97. The third-order valence-electron chi connectivity index (χ3n) is 1.88. The van der Waals surface area contributed by atoms with Crippen molar-refractivity contribution in [3.05, 3.63) is 29.3 Å². The summed E-state index contributed by atoms with van der Waals surface area (Å²) < 4.78 is 0. The number of anilines is 1. The Morgan fingerprint density at radius 3 is 2.92 bits per heavy atom. The van der Waals surface area contributed by atoms with Crippen LogP contribution in [-0.4, -0.2) is 0 Å². The van der Waals surface area contributed by atoms with Gasteiger partial charge in [0.05, 0.1) is 6.07 Å². The van der Waals surface area contributed by atoms with E-state index in [2.05, 4.69) is 6.07 Å². The van der Waals surface area contributed by atoms with Crippen LogP contribution in [0.5, 0.6) is 0 Å². The van der Waals surface area contributed by atoms with Gasteiger partial charge in [0.25, 0.3) is 0 Å². The molecule has 2 nitrogen and oxygen atoms in total. The molecule has 0 aliphatic rings. The van der Waals surface area contributed by atoms with Gasteiger partial charge < -0.3 is 5.73 Å². The van der Waals surface area contributed by atoms with Crippen molar-refractivity contribution < 1.29 is 0 Å². The van der Waals surface area contributed by atoms with Gasteiger partial charge in [0.2, 0.25) is 0 Å². The van der Waals surface area contributed by atoms with Crippen molar-refractivity contribution in [1.82, 2.24) is 0 Å². The number of nitrogens with zero attached hydrogens (tertiary/aromatic N) is 1. The van der Waals surface area contributed by atoms with Crippen molar-refractivity contribution in [3.63, 3.8) is 0 Å². The minimum Gasteiger partial charge on any atom is -0.399 e. The molecule has 0 heterocycles. The topological polar surface area (TPSA) is 49.8 Å². The smallest absolute Gasteiger partial charge is 0.0625 e. The van der Waals surface area contributed by atoms with E-state index in [1.54, 1.807) is 0 Å². The van der Waals surface area contributed by atoms with Crippen LogP contribution in [0.3, 0.4) is 0 Å². The molecule has 0 spiro atoms. The fourth-order valence-corrected chi connectivity index (χ4v) is 1.15. The number of nitrogens with two attached hydrogens (primary N) is 1. The van der Waals surface area contributed by atoms with Gasteiger partial charge >= 0.3 is 0 Å². The highest BCUT2D eigenvalue weighted by molar-refractivity contribution is 5.44. The lowest BCUT2D eigenvalue weighted by molar-refractivity contribution is 0.997. The van der Waals surface area contributed by atoms with Gasteiger partial charge in [0, 0.05) is 12.1 Å². The quantitative estimate of drug-likeness (QED) is 0.673. The molecule has 0 saturated heterocycles. The van der Waals surface area contributed by atoms with E-state index in [0.717, 1.165) is 12.1 Å². The van der Waals surface area contributed by atoms with Gasteiger partial charge in [-0.15, -0.1) is 0 Å². The third kappa shape index (κ3) is 2.00. The van der Waals surface area contributed by atoms with Crippen LogP contribution < -0.4 is 5.73 Å². The molecule has 1 aromatic rings. The molecule has 0 aliphatic carbocycles. The van der Waals surface area contributed by atoms with E-state index < -0.39 is 0 Å². The lowest BCUT2D eigenvalue weighted by Gasteiger charge is -2.03. The standard InChI is InChI=1S/C10H12N2/c1-8-4-5-10(12)7-9(8)3-2-6-11/h4-5,7H,2-3,12H2,1H3. The summed E-state index contributed by atoms with van der Waals surface area (Å²) in [6.07, 6.45) is 1.36. The first-order valence-electron chi connectivity index (χ1n) is 3.96. The summed E-state index contributed by atoms with van der Waals surface area (Å²) >= 11 is 0. The maximum atomic E-state index is 8.41. The number of rotatable bonds is 2. The van der Waals surface area contributed by atoms with Gasteiger partial charge in [0.15, 0.2) is 0 Å². The third-order valence-corrected chi connectivity index (χ3v) is 1.88. The van der Waals surface area contributed by atoms with Crippen LogP contribution in [0, 0.1) is 18.3 Å². The molecule has 0 atom stereocenters. The molecule has 0 saturated carbocycles. The highest BCUT2D eigenvalue weighted by Crippen LogP contribution is 2.13. The Morgan fingerprint density at radius 2 is 2.25 bits per heavy atom. The van der Waals surface area contributed by atoms with Crippen LogP contribution in [0.1, 0.15) is 17.5 Å². The summed E-state index contributed by atoms with van der Waals surface area (Å²) in [5.74, 6) is 0. The zero-order valence-corrected chi connectivity index (χ0v) is 7.17. The Kier molecular flexibility index (Phi) is 2.71. The molecule has 0 fully saturated rings. The largest absolute Gasteiger partial charge is 0.399 e. The maximum Gasteiger partial charge on any atom is 0.0625 e. The second kappa shape index (κ2) is 3.77. The van der Waals surface area contributed by atoms with Crippen LogP contribution >= 0.6 is 0 Å². The summed E-state index contributed by atoms with van der Waals surface area (Å²) in [5, 5.41) is 8.41. The van der Waals surface area contributed by atoms with Gasteiger partial charge in [0.1, 0.15) is 0 Å². The van der Waals surface area contributed by atoms with Gasteiger partial charge in [-0.25, -0.2) is 0 Å². The SMILES string of the molecule is Cc1ccc(N)cc1CCC#N. The van der Waals surface area contributed by atoms with Crippen molar-refractivity contribution in [2.45, 2.75) is 19.8 Å². The first-order chi connectivity index (χ1) is 5.74. The highest BCUT2D eigenvalue weighted by atomic mass is 14.5. The minimum absolute atomic E-state index is 0.560. The number of aryl methyl sites for hydroxylation is 2. The van der Waals surface area contributed by atoms with Crippen LogP contribution in [0.15, 0.2) is 18.2 Å². The molecule has 0 amide bonds. The molecule has 62 valence electrons.